The molecule has 1 unspecified atom stereocenters. The van der Waals surface area contributed by atoms with Crippen LogP contribution in [0.1, 0.15) is 46.0 Å². The average molecular weight is 286 g/mol. The lowest BCUT2D eigenvalue weighted by Crippen LogP contribution is -2.51. The summed E-state index contributed by atoms with van der Waals surface area (Å²) in [6.07, 6.45) is 5.86. The highest BCUT2D eigenvalue weighted by molar-refractivity contribution is 5.99. The van der Waals surface area contributed by atoms with Gasteiger partial charge in [0, 0.05) is 25.0 Å². The first kappa shape index (κ1) is 14.4. The van der Waals surface area contributed by atoms with E-state index in [4.69, 9.17) is 0 Å². The number of fused-ring (bicyclic) bond motifs is 1. The molecule has 1 aromatic rings. The third kappa shape index (κ3) is 2.66. The quantitative estimate of drug-likeness (QED) is 0.825. The van der Waals surface area contributed by atoms with Gasteiger partial charge in [0.1, 0.15) is 0 Å². The second-order valence-corrected chi connectivity index (χ2v) is 6.41. The molecule has 1 aliphatic heterocycles. The predicted octanol–water partition coefficient (Wildman–Crippen LogP) is 3.83. The number of likely N-dealkylation sites (N-methyl/N-ethyl adjacent to an activating group) is 1. The largest absolute Gasteiger partial charge is 0.366 e. The van der Waals surface area contributed by atoms with E-state index in [1.165, 1.54) is 24.9 Å². The first-order chi connectivity index (χ1) is 10.2. The van der Waals surface area contributed by atoms with E-state index in [9.17, 15) is 4.79 Å². The minimum absolute atomic E-state index is 0.243. The standard InChI is InChI=1S/C18H26N2O/c1-3-19-14(2)13-20(17-12-8-7-11-16(17)19)18(21)15-9-5-4-6-10-15/h7-8,11-12,14-15H,3-6,9-10,13H2,1-2H3. The van der Waals surface area contributed by atoms with Gasteiger partial charge in [0.25, 0.3) is 0 Å². The average Bonchev–Trinajstić information content (AvgIpc) is 2.54. The Kier molecular flexibility index (Phi) is 4.18. The predicted molar refractivity (Wildman–Crippen MR) is 87.9 cm³/mol. The molecule has 114 valence electrons. The Morgan fingerprint density at radius 2 is 1.81 bits per heavy atom. The normalized spacial score (nSPS) is 23.0. The fourth-order valence-corrected chi connectivity index (χ4v) is 3.89. The number of para-hydroxylation sites is 2. The maximum atomic E-state index is 13.0. The zero-order chi connectivity index (χ0) is 14.8. The Morgan fingerprint density at radius 1 is 1.14 bits per heavy atom. The number of hydrogen-bond acceptors (Lipinski definition) is 2. The molecule has 0 saturated heterocycles. The molecule has 0 radical (unpaired) electrons. The van der Waals surface area contributed by atoms with E-state index in [1.54, 1.807) is 0 Å². The third-order valence-electron chi connectivity index (χ3n) is 5.02. The lowest BCUT2D eigenvalue weighted by atomic mass is 9.87. The van der Waals surface area contributed by atoms with Crippen molar-refractivity contribution < 1.29 is 4.79 Å². The van der Waals surface area contributed by atoms with Gasteiger partial charge in [-0.2, -0.15) is 0 Å². The van der Waals surface area contributed by atoms with E-state index in [0.717, 1.165) is 31.6 Å². The highest BCUT2D eigenvalue weighted by Gasteiger charge is 2.34. The molecular formula is C18H26N2O. The Hall–Kier alpha value is -1.51. The Bertz CT molecular complexity index is 508. The smallest absolute Gasteiger partial charge is 0.230 e. The van der Waals surface area contributed by atoms with Crippen molar-refractivity contribution in [1.29, 1.82) is 0 Å². The Balaban J connectivity index is 1.90. The summed E-state index contributed by atoms with van der Waals surface area (Å²) in [5.41, 5.74) is 2.32. The maximum absolute atomic E-state index is 13.0. The Morgan fingerprint density at radius 3 is 2.48 bits per heavy atom. The van der Waals surface area contributed by atoms with Gasteiger partial charge in [-0.15, -0.1) is 0 Å². The monoisotopic (exact) mass is 286 g/mol. The summed E-state index contributed by atoms with van der Waals surface area (Å²) in [4.78, 5) is 17.4. The molecule has 0 spiro atoms. The van der Waals surface area contributed by atoms with Gasteiger partial charge in [-0.25, -0.2) is 0 Å². The summed E-state index contributed by atoms with van der Waals surface area (Å²) in [6, 6.07) is 8.75. The van der Waals surface area contributed by atoms with Crippen molar-refractivity contribution in [2.24, 2.45) is 5.92 Å². The van der Waals surface area contributed by atoms with Crippen molar-refractivity contribution in [3.63, 3.8) is 0 Å². The molecule has 1 atom stereocenters. The first-order valence-electron chi connectivity index (χ1n) is 8.39. The summed E-state index contributed by atoms with van der Waals surface area (Å²) in [7, 11) is 0. The molecule has 1 saturated carbocycles. The molecule has 3 nitrogen and oxygen atoms in total. The molecule has 2 aliphatic rings. The highest BCUT2D eigenvalue weighted by atomic mass is 16.2. The molecule has 1 fully saturated rings. The van der Waals surface area contributed by atoms with Crippen LogP contribution in [0.3, 0.4) is 0 Å². The number of benzene rings is 1. The van der Waals surface area contributed by atoms with Crippen molar-refractivity contribution in [2.75, 3.05) is 22.9 Å². The Labute approximate surface area is 127 Å². The highest BCUT2D eigenvalue weighted by Crippen LogP contribution is 2.37. The molecular weight excluding hydrogens is 260 g/mol. The molecule has 0 aromatic heterocycles. The van der Waals surface area contributed by atoms with E-state index < -0.39 is 0 Å². The van der Waals surface area contributed by atoms with Crippen molar-refractivity contribution in [3.05, 3.63) is 24.3 Å². The summed E-state index contributed by atoms with van der Waals surface area (Å²) in [5, 5.41) is 0. The van der Waals surface area contributed by atoms with Gasteiger partial charge in [0.2, 0.25) is 5.91 Å². The molecule has 0 N–H and O–H groups in total. The summed E-state index contributed by atoms with van der Waals surface area (Å²) in [6.45, 7) is 6.22. The number of amides is 1. The number of nitrogens with zero attached hydrogens (tertiary/aromatic N) is 2. The van der Waals surface area contributed by atoms with Crippen molar-refractivity contribution >= 4 is 17.3 Å². The van der Waals surface area contributed by atoms with Crippen LogP contribution in [0.5, 0.6) is 0 Å². The van der Waals surface area contributed by atoms with Crippen LogP contribution in [0, 0.1) is 5.92 Å². The van der Waals surface area contributed by atoms with Gasteiger partial charge < -0.3 is 9.80 Å². The van der Waals surface area contributed by atoms with Crippen LogP contribution in [-0.4, -0.2) is 25.0 Å². The minimum Gasteiger partial charge on any atom is -0.366 e. The lowest BCUT2D eigenvalue weighted by molar-refractivity contribution is -0.123. The number of carbonyl (C=O) groups is 1. The minimum atomic E-state index is 0.243. The van der Waals surface area contributed by atoms with Crippen LogP contribution in [0.15, 0.2) is 24.3 Å². The van der Waals surface area contributed by atoms with Gasteiger partial charge in [-0.3, -0.25) is 4.79 Å². The number of carbonyl (C=O) groups excluding carboxylic acids is 1. The summed E-state index contributed by atoms with van der Waals surface area (Å²) < 4.78 is 0. The van der Waals surface area contributed by atoms with E-state index in [2.05, 4.69) is 41.8 Å². The molecule has 21 heavy (non-hydrogen) atoms. The third-order valence-corrected chi connectivity index (χ3v) is 5.02. The van der Waals surface area contributed by atoms with Crippen molar-refractivity contribution in [2.45, 2.75) is 52.0 Å². The van der Waals surface area contributed by atoms with E-state index >= 15 is 0 Å². The van der Waals surface area contributed by atoms with Crippen molar-refractivity contribution in [1.82, 2.24) is 0 Å². The fraction of sp³-hybridized carbons (Fsp3) is 0.611. The zero-order valence-corrected chi connectivity index (χ0v) is 13.2. The number of hydrogen-bond donors (Lipinski definition) is 0. The first-order valence-corrected chi connectivity index (χ1v) is 8.39. The van der Waals surface area contributed by atoms with E-state index in [0.29, 0.717) is 11.9 Å². The fourth-order valence-electron chi connectivity index (χ4n) is 3.89. The number of rotatable bonds is 2. The molecule has 0 bridgehead atoms. The van der Waals surface area contributed by atoms with Gasteiger partial charge in [-0.1, -0.05) is 31.4 Å². The van der Waals surface area contributed by atoms with Crippen LogP contribution < -0.4 is 9.80 Å². The van der Waals surface area contributed by atoms with Crippen molar-refractivity contribution in [3.8, 4) is 0 Å². The van der Waals surface area contributed by atoms with E-state index in [-0.39, 0.29) is 5.92 Å². The van der Waals surface area contributed by atoms with Gasteiger partial charge in [-0.05, 0) is 38.8 Å². The molecule has 1 amide bonds. The van der Waals surface area contributed by atoms with Crippen LogP contribution >= 0.6 is 0 Å². The second-order valence-electron chi connectivity index (χ2n) is 6.41. The summed E-state index contributed by atoms with van der Waals surface area (Å²) >= 11 is 0. The van der Waals surface area contributed by atoms with Crippen LogP contribution in [0.25, 0.3) is 0 Å². The van der Waals surface area contributed by atoms with Gasteiger partial charge in [0.15, 0.2) is 0 Å². The second kappa shape index (κ2) is 6.08. The zero-order valence-electron chi connectivity index (χ0n) is 13.2. The van der Waals surface area contributed by atoms with Gasteiger partial charge in [0.05, 0.1) is 11.4 Å². The molecule has 1 heterocycles. The lowest BCUT2D eigenvalue weighted by Gasteiger charge is -2.43. The number of anilines is 2. The van der Waals surface area contributed by atoms with Crippen LogP contribution in [0.4, 0.5) is 11.4 Å². The topological polar surface area (TPSA) is 23.6 Å². The maximum Gasteiger partial charge on any atom is 0.230 e. The van der Waals surface area contributed by atoms with E-state index in [1.807, 2.05) is 6.07 Å². The van der Waals surface area contributed by atoms with Gasteiger partial charge >= 0.3 is 0 Å². The molecule has 3 rings (SSSR count). The SMILES string of the molecule is CCN1c2ccccc2N(C(=O)C2CCCCC2)CC1C. The summed E-state index contributed by atoms with van der Waals surface area (Å²) in [5.74, 6) is 0.594. The van der Waals surface area contributed by atoms with Crippen LogP contribution in [0.2, 0.25) is 0 Å². The molecule has 3 heteroatoms. The molecule has 1 aliphatic carbocycles. The van der Waals surface area contributed by atoms with Crippen LogP contribution in [-0.2, 0) is 4.79 Å². The molecule has 1 aromatic carbocycles.